The summed E-state index contributed by atoms with van der Waals surface area (Å²) in [4.78, 5) is 21.1. The van der Waals surface area contributed by atoms with Gasteiger partial charge >= 0.3 is 6.18 Å². The van der Waals surface area contributed by atoms with Crippen LogP contribution in [0.15, 0.2) is 54.9 Å². The highest BCUT2D eigenvalue weighted by atomic mass is 19.4. The number of halogens is 3. The van der Waals surface area contributed by atoms with E-state index in [1.807, 2.05) is 24.4 Å². The van der Waals surface area contributed by atoms with E-state index >= 15 is 0 Å². The minimum atomic E-state index is -5.19. The molecule has 2 aromatic carbocycles. The Labute approximate surface area is 242 Å². The monoisotopic (exact) mass is 592 g/mol. The van der Waals surface area contributed by atoms with E-state index in [-0.39, 0.29) is 6.04 Å². The van der Waals surface area contributed by atoms with Gasteiger partial charge in [-0.05, 0) is 18.6 Å². The molecule has 5 heterocycles. The number of aliphatic carboxylic acids is 1. The van der Waals surface area contributed by atoms with Crippen LogP contribution in [0.25, 0.3) is 43.6 Å². The molecule has 222 valence electrons. The second kappa shape index (κ2) is 10.7. The summed E-state index contributed by atoms with van der Waals surface area (Å²) in [7, 11) is 5.15. The first-order valence-electron chi connectivity index (χ1n) is 13.5. The number of hydrogen-bond donors (Lipinski definition) is 2. The lowest BCUT2D eigenvalue weighted by atomic mass is 9.95. The Hall–Kier alpha value is -5.00. The van der Waals surface area contributed by atoms with E-state index < -0.39 is 12.1 Å². The van der Waals surface area contributed by atoms with Gasteiger partial charge in [0.2, 0.25) is 17.9 Å². The molecule has 2 N–H and O–H groups in total. The smallest absolute Gasteiger partial charge is 0.430 e. The molecule has 0 radical (unpaired) electrons. The number of carboxylic acids is 1. The number of rotatable bonds is 4. The lowest BCUT2D eigenvalue weighted by molar-refractivity contribution is -0.725. The molecule has 1 aliphatic rings. The van der Waals surface area contributed by atoms with Crippen molar-refractivity contribution in [3.8, 4) is 17.2 Å². The van der Waals surface area contributed by atoms with Crippen molar-refractivity contribution in [2.45, 2.75) is 31.5 Å². The summed E-state index contributed by atoms with van der Waals surface area (Å²) in [5, 5.41) is 13.2. The lowest BCUT2D eigenvalue weighted by Gasteiger charge is -2.21. The molecule has 6 aromatic rings. The number of benzene rings is 2. The number of fused-ring (bicyclic) bond motifs is 8. The van der Waals surface area contributed by atoms with Crippen LogP contribution in [-0.4, -0.2) is 48.4 Å². The topological polar surface area (TPSA) is 116 Å². The predicted molar refractivity (Wildman–Crippen MR) is 151 cm³/mol. The van der Waals surface area contributed by atoms with Crippen LogP contribution in [-0.2, 0) is 11.2 Å². The average Bonchev–Trinajstić information content (AvgIpc) is 3.60. The van der Waals surface area contributed by atoms with Crippen LogP contribution in [0.5, 0.6) is 17.2 Å². The highest BCUT2D eigenvalue weighted by molar-refractivity contribution is 6.13. The number of aryl methyl sites for hydroxylation is 1. The summed E-state index contributed by atoms with van der Waals surface area (Å²) in [6, 6.07) is 14.5. The number of hydrogen-bond acceptors (Lipinski definition) is 6. The molecule has 1 atom stereocenters. The first-order valence-corrected chi connectivity index (χ1v) is 13.5. The number of pyridine rings is 2. The van der Waals surface area contributed by atoms with Crippen LogP contribution in [0.3, 0.4) is 0 Å². The van der Waals surface area contributed by atoms with E-state index in [4.69, 9.17) is 29.1 Å². The molecule has 43 heavy (non-hydrogen) atoms. The number of aromatic nitrogens is 4. The van der Waals surface area contributed by atoms with Gasteiger partial charge in [-0.3, -0.25) is 0 Å². The molecule has 7 rings (SSSR count). The largest absolute Gasteiger partial charge is 0.542 e. The molecule has 4 aromatic heterocycles. The molecule has 1 aliphatic heterocycles. The maximum Gasteiger partial charge on any atom is 0.430 e. The van der Waals surface area contributed by atoms with E-state index in [0.717, 1.165) is 85.8 Å². The summed E-state index contributed by atoms with van der Waals surface area (Å²) in [6.07, 6.45) is 1.83. The Morgan fingerprint density at radius 1 is 0.907 bits per heavy atom. The van der Waals surface area contributed by atoms with Crippen LogP contribution >= 0.6 is 0 Å². The summed E-state index contributed by atoms with van der Waals surface area (Å²) in [5.74, 6) is -0.564. The van der Waals surface area contributed by atoms with Gasteiger partial charge < -0.3 is 34.1 Å². The quantitative estimate of drug-likeness (QED) is 0.282. The molecule has 0 amide bonds. The lowest BCUT2D eigenvalue weighted by Crippen LogP contribution is -2.47. The van der Waals surface area contributed by atoms with E-state index in [1.165, 1.54) is 5.69 Å². The Morgan fingerprint density at radius 2 is 1.58 bits per heavy atom. The molecule has 9 nitrogen and oxygen atoms in total. The maximum atomic E-state index is 10.5. The zero-order valence-corrected chi connectivity index (χ0v) is 23.5. The standard InChI is InChI=1S/C29H26N4O3.C2HF3O2/c1-34-21-13-6-9-17-25-23(36-3)15-33-19(27(25)32-26(17)21)11-7-12-20(33)28-29-24(22(35-2)14-30-28)16-8-4-5-10-18(16)31-29;3-2(4,5)1(6)7/h4-6,8-10,13-15,20H,7,11-12H2,1-3H3,(H,30,31);(H,6,7)/t20-;/m0./s1. The normalized spacial score (nSPS) is 14.9. The van der Waals surface area contributed by atoms with Crippen LogP contribution in [0.4, 0.5) is 13.2 Å². The van der Waals surface area contributed by atoms with Gasteiger partial charge in [-0.1, -0.05) is 30.3 Å². The number of methoxy groups -OCH3 is 3. The van der Waals surface area contributed by atoms with Crippen molar-refractivity contribution in [3.63, 3.8) is 0 Å². The Balaban J connectivity index is 0.000000423. The summed E-state index contributed by atoms with van der Waals surface area (Å²) in [6.45, 7) is 0. The van der Waals surface area contributed by atoms with Gasteiger partial charge in [-0.2, -0.15) is 17.7 Å². The SMILES string of the molecule is COc1cccc2c1[nH]c1c3[n+](cc(OC)c12)[C@H](c1ncc(OC)c2c1[nH]c1ccccc12)CCC3.O=C([O-])C(F)(F)F. The van der Waals surface area contributed by atoms with Gasteiger partial charge in [0.05, 0.1) is 49.3 Å². The van der Waals surface area contributed by atoms with Crippen LogP contribution < -0.4 is 23.9 Å². The number of para-hydroxylation sites is 2. The fourth-order valence-electron chi connectivity index (χ4n) is 6.04. The number of nitrogens with one attached hydrogen (secondary N) is 2. The van der Waals surface area contributed by atoms with E-state index in [0.29, 0.717) is 0 Å². The van der Waals surface area contributed by atoms with Crippen molar-refractivity contribution in [2.24, 2.45) is 0 Å². The molecular weight excluding hydrogens is 565 g/mol. The van der Waals surface area contributed by atoms with Crippen molar-refractivity contribution < 1.29 is 41.8 Å². The second-order valence-electron chi connectivity index (χ2n) is 10.1. The van der Waals surface area contributed by atoms with E-state index in [9.17, 15) is 13.2 Å². The van der Waals surface area contributed by atoms with Gasteiger partial charge in [-0.15, -0.1) is 0 Å². The number of carboxylic acid groups (broad SMARTS) is 1. The van der Waals surface area contributed by atoms with Crippen molar-refractivity contribution in [1.29, 1.82) is 0 Å². The molecule has 0 bridgehead atoms. The number of carbonyl (C=O) groups is 1. The molecule has 12 heteroatoms. The fraction of sp³-hybridized carbons (Fsp3) is 0.258. The molecule has 0 unspecified atom stereocenters. The average molecular weight is 593 g/mol. The van der Waals surface area contributed by atoms with Gasteiger partial charge in [-0.25, -0.2) is 4.98 Å². The van der Waals surface area contributed by atoms with Crippen LogP contribution in [0, 0.1) is 0 Å². The third-order valence-corrected chi connectivity index (χ3v) is 7.86. The van der Waals surface area contributed by atoms with E-state index in [1.54, 1.807) is 21.3 Å². The Kier molecular flexibility index (Phi) is 6.99. The molecular formula is C31H27F3N4O5. The van der Waals surface area contributed by atoms with Crippen LogP contribution in [0.2, 0.25) is 0 Å². The highest BCUT2D eigenvalue weighted by Crippen LogP contribution is 2.41. The van der Waals surface area contributed by atoms with Crippen molar-refractivity contribution in [1.82, 2.24) is 15.0 Å². The molecule has 0 spiro atoms. The van der Waals surface area contributed by atoms with Crippen molar-refractivity contribution in [3.05, 3.63) is 66.2 Å². The zero-order valence-electron chi connectivity index (χ0n) is 23.5. The van der Waals surface area contributed by atoms with Gasteiger partial charge in [0.15, 0.2) is 5.75 Å². The van der Waals surface area contributed by atoms with Crippen molar-refractivity contribution in [2.75, 3.05) is 21.3 Å². The number of nitrogens with zero attached hydrogens (tertiary/aromatic N) is 2. The highest BCUT2D eigenvalue weighted by Gasteiger charge is 2.36. The summed E-state index contributed by atoms with van der Waals surface area (Å²) < 4.78 is 51.3. The second-order valence-corrected chi connectivity index (χ2v) is 10.1. The molecule has 0 saturated heterocycles. The third-order valence-electron chi connectivity index (χ3n) is 7.86. The molecule has 0 fully saturated rings. The molecule has 0 aliphatic carbocycles. The van der Waals surface area contributed by atoms with Gasteiger partial charge in [0, 0.05) is 29.1 Å². The number of carbonyl (C=O) groups excluding carboxylic acids is 1. The zero-order chi connectivity index (χ0) is 30.5. The van der Waals surface area contributed by atoms with Gasteiger partial charge in [0.1, 0.15) is 28.7 Å². The molecule has 0 saturated carbocycles. The predicted octanol–water partition coefficient (Wildman–Crippen LogP) is 4.89. The fourth-order valence-corrected chi connectivity index (χ4v) is 6.04. The minimum Gasteiger partial charge on any atom is -0.542 e. The minimum absolute atomic E-state index is 0.0572. The van der Waals surface area contributed by atoms with E-state index in [2.05, 4.69) is 45.0 Å². The van der Waals surface area contributed by atoms with Crippen LogP contribution in [0.1, 0.15) is 30.3 Å². The van der Waals surface area contributed by atoms with Gasteiger partial charge in [0.25, 0.3) is 0 Å². The summed E-state index contributed by atoms with van der Waals surface area (Å²) in [5.41, 5.74) is 6.46. The number of ether oxygens (including phenoxy) is 3. The summed E-state index contributed by atoms with van der Waals surface area (Å²) >= 11 is 0. The number of alkyl halides is 3. The first-order chi connectivity index (χ1) is 20.7. The third kappa shape index (κ3) is 4.62. The number of H-pyrrole nitrogens is 2. The maximum absolute atomic E-state index is 10.5. The first kappa shape index (κ1) is 28.1. The number of aromatic amines is 2. The van der Waals surface area contributed by atoms with Crippen molar-refractivity contribution >= 4 is 49.6 Å². The Morgan fingerprint density at radius 3 is 2.28 bits per heavy atom. The Bertz CT molecular complexity index is 2010.